The monoisotopic (exact) mass is 248 g/mol. The minimum Gasteiger partial charge on any atom is -0.379 e. The van der Waals surface area contributed by atoms with Crippen molar-refractivity contribution in [2.75, 3.05) is 0 Å². The zero-order valence-electron chi connectivity index (χ0n) is 9.99. The number of benzene rings is 1. The summed E-state index contributed by atoms with van der Waals surface area (Å²) < 4.78 is 6.30. The molecule has 0 atom stereocenters. The van der Waals surface area contributed by atoms with Crippen LogP contribution in [0.25, 0.3) is 5.69 Å². The van der Waals surface area contributed by atoms with Crippen LogP contribution >= 0.6 is 0 Å². The zero-order chi connectivity index (χ0) is 13.3. The van der Waals surface area contributed by atoms with Crippen LogP contribution in [-0.4, -0.2) is 9.66 Å². The molecule has 0 bridgehead atoms. The SMILES string of the molecule is CC(C)c1con(-c2ccc([N+](=O)[O-])cc2)c1=O. The van der Waals surface area contributed by atoms with Gasteiger partial charge in [0.25, 0.3) is 11.2 Å². The van der Waals surface area contributed by atoms with E-state index in [1.807, 2.05) is 13.8 Å². The van der Waals surface area contributed by atoms with E-state index in [-0.39, 0.29) is 17.2 Å². The molecule has 0 aliphatic carbocycles. The Hall–Kier alpha value is -2.37. The number of nitrogens with zero attached hydrogens (tertiary/aromatic N) is 2. The van der Waals surface area contributed by atoms with E-state index in [2.05, 4.69) is 0 Å². The van der Waals surface area contributed by atoms with Crippen molar-refractivity contribution in [3.05, 3.63) is 56.6 Å². The topological polar surface area (TPSA) is 78.3 Å². The number of rotatable bonds is 3. The Morgan fingerprint density at radius 1 is 1.28 bits per heavy atom. The van der Waals surface area contributed by atoms with Gasteiger partial charge in [-0.2, -0.15) is 0 Å². The first-order valence-corrected chi connectivity index (χ1v) is 5.46. The molecule has 0 fully saturated rings. The average molecular weight is 248 g/mol. The average Bonchev–Trinajstić information content (AvgIpc) is 2.71. The smallest absolute Gasteiger partial charge is 0.290 e. The second-order valence-electron chi connectivity index (χ2n) is 4.21. The van der Waals surface area contributed by atoms with Gasteiger partial charge in [0.1, 0.15) is 6.26 Å². The van der Waals surface area contributed by atoms with E-state index in [0.29, 0.717) is 11.3 Å². The van der Waals surface area contributed by atoms with Crippen molar-refractivity contribution in [1.29, 1.82) is 0 Å². The highest BCUT2D eigenvalue weighted by atomic mass is 16.6. The third-order valence-electron chi connectivity index (χ3n) is 2.63. The van der Waals surface area contributed by atoms with Crippen LogP contribution in [0.15, 0.2) is 39.8 Å². The Labute approximate surface area is 103 Å². The zero-order valence-corrected chi connectivity index (χ0v) is 9.99. The summed E-state index contributed by atoms with van der Waals surface area (Å²) in [5, 5.41) is 10.5. The lowest BCUT2D eigenvalue weighted by Gasteiger charge is -1.99. The predicted molar refractivity (Wildman–Crippen MR) is 65.0 cm³/mol. The molecule has 0 amide bonds. The van der Waals surface area contributed by atoms with Gasteiger partial charge in [-0.1, -0.05) is 13.8 Å². The van der Waals surface area contributed by atoms with Crippen LogP contribution in [0.1, 0.15) is 25.3 Å². The molecule has 2 rings (SSSR count). The molecular formula is C12H12N2O4. The fourth-order valence-corrected chi connectivity index (χ4v) is 1.60. The van der Waals surface area contributed by atoms with Crippen molar-refractivity contribution in [1.82, 2.24) is 4.74 Å². The molecular weight excluding hydrogens is 236 g/mol. The lowest BCUT2D eigenvalue weighted by Crippen LogP contribution is -2.16. The fraction of sp³-hybridized carbons (Fsp3) is 0.250. The van der Waals surface area contributed by atoms with Crippen LogP contribution in [-0.2, 0) is 0 Å². The standard InChI is InChI=1S/C12H12N2O4/c1-8(2)11-7-18-13(12(11)15)9-3-5-10(6-4-9)14(16)17/h3-8H,1-2H3. The molecule has 0 saturated carbocycles. The molecule has 6 heteroatoms. The second-order valence-corrected chi connectivity index (χ2v) is 4.21. The van der Waals surface area contributed by atoms with Gasteiger partial charge in [-0.05, 0) is 18.1 Å². The highest BCUT2D eigenvalue weighted by Gasteiger charge is 2.13. The summed E-state index contributed by atoms with van der Waals surface area (Å²) in [6.45, 7) is 3.79. The maximum Gasteiger partial charge on any atom is 0.290 e. The first kappa shape index (κ1) is 12.1. The summed E-state index contributed by atoms with van der Waals surface area (Å²) in [6.07, 6.45) is 1.41. The van der Waals surface area contributed by atoms with E-state index in [0.717, 1.165) is 4.74 Å². The van der Waals surface area contributed by atoms with Crippen molar-refractivity contribution in [2.24, 2.45) is 0 Å². The van der Waals surface area contributed by atoms with Gasteiger partial charge in [0.15, 0.2) is 0 Å². The third-order valence-corrected chi connectivity index (χ3v) is 2.63. The molecule has 0 unspecified atom stereocenters. The van der Waals surface area contributed by atoms with Crippen LogP contribution in [0.3, 0.4) is 0 Å². The predicted octanol–water partition coefficient (Wildman–Crippen LogP) is 2.46. The highest BCUT2D eigenvalue weighted by molar-refractivity contribution is 5.40. The van der Waals surface area contributed by atoms with Crippen LogP contribution in [0.2, 0.25) is 0 Å². The van der Waals surface area contributed by atoms with Gasteiger partial charge in [0, 0.05) is 12.1 Å². The summed E-state index contributed by atoms with van der Waals surface area (Å²) >= 11 is 0. The lowest BCUT2D eigenvalue weighted by molar-refractivity contribution is -0.384. The molecule has 6 nitrogen and oxygen atoms in total. The van der Waals surface area contributed by atoms with E-state index < -0.39 is 4.92 Å². The van der Waals surface area contributed by atoms with Crippen molar-refractivity contribution in [3.63, 3.8) is 0 Å². The number of nitro groups is 1. The number of hydrogen-bond acceptors (Lipinski definition) is 4. The van der Waals surface area contributed by atoms with E-state index >= 15 is 0 Å². The van der Waals surface area contributed by atoms with E-state index in [4.69, 9.17) is 4.52 Å². The normalized spacial score (nSPS) is 10.8. The van der Waals surface area contributed by atoms with Crippen LogP contribution in [0, 0.1) is 10.1 Å². The maximum absolute atomic E-state index is 12.0. The van der Waals surface area contributed by atoms with Crippen LogP contribution in [0.5, 0.6) is 0 Å². The summed E-state index contributed by atoms with van der Waals surface area (Å²) in [5.41, 5.74) is 0.784. The molecule has 0 radical (unpaired) electrons. The van der Waals surface area contributed by atoms with E-state index in [9.17, 15) is 14.9 Å². The molecule has 1 heterocycles. The summed E-state index contributed by atoms with van der Waals surface area (Å²) in [5.74, 6) is 0.0700. The van der Waals surface area contributed by atoms with Crippen LogP contribution < -0.4 is 5.56 Å². The maximum atomic E-state index is 12.0. The first-order valence-electron chi connectivity index (χ1n) is 5.46. The van der Waals surface area contributed by atoms with Crippen molar-refractivity contribution in [2.45, 2.75) is 19.8 Å². The van der Waals surface area contributed by atoms with Gasteiger partial charge in [-0.3, -0.25) is 14.9 Å². The molecule has 1 aromatic carbocycles. The molecule has 0 saturated heterocycles. The highest BCUT2D eigenvalue weighted by Crippen LogP contribution is 2.16. The van der Waals surface area contributed by atoms with Gasteiger partial charge in [-0.15, -0.1) is 4.74 Å². The Kier molecular flexibility index (Phi) is 3.01. The van der Waals surface area contributed by atoms with Crippen molar-refractivity contribution >= 4 is 5.69 Å². The van der Waals surface area contributed by atoms with Crippen LogP contribution in [0.4, 0.5) is 5.69 Å². The second kappa shape index (κ2) is 4.48. The fourth-order valence-electron chi connectivity index (χ4n) is 1.60. The van der Waals surface area contributed by atoms with E-state index in [1.165, 1.54) is 30.5 Å². The Morgan fingerprint density at radius 3 is 2.33 bits per heavy atom. The molecule has 0 aliphatic rings. The molecule has 0 spiro atoms. The number of non-ortho nitro benzene ring substituents is 1. The quantitative estimate of drug-likeness (QED) is 0.617. The largest absolute Gasteiger partial charge is 0.379 e. The van der Waals surface area contributed by atoms with Crippen molar-refractivity contribution in [3.8, 4) is 5.69 Å². The Balaban J connectivity index is 2.43. The van der Waals surface area contributed by atoms with Gasteiger partial charge in [-0.25, -0.2) is 0 Å². The molecule has 0 aliphatic heterocycles. The first-order chi connectivity index (χ1) is 8.50. The Bertz CT molecular complexity index is 622. The number of aromatic nitrogens is 1. The van der Waals surface area contributed by atoms with Gasteiger partial charge < -0.3 is 4.52 Å². The summed E-state index contributed by atoms with van der Waals surface area (Å²) in [6, 6.07) is 5.62. The molecule has 2 aromatic rings. The lowest BCUT2D eigenvalue weighted by atomic mass is 10.1. The van der Waals surface area contributed by atoms with E-state index in [1.54, 1.807) is 0 Å². The number of hydrogen-bond donors (Lipinski definition) is 0. The minimum atomic E-state index is -0.492. The molecule has 0 N–H and O–H groups in total. The summed E-state index contributed by atoms with van der Waals surface area (Å²) in [4.78, 5) is 22.0. The molecule has 18 heavy (non-hydrogen) atoms. The van der Waals surface area contributed by atoms with Gasteiger partial charge >= 0.3 is 0 Å². The van der Waals surface area contributed by atoms with Gasteiger partial charge in [0.2, 0.25) is 0 Å². The third kappa shape index (κ3) is 2.04. The van der Waals surface area contributed by atoms with Gasteiger partial charge in [0.05, 0.1) is 16.2 Å². The summed E-state index contributed by atoms with van der Waals surface area (Å²) in [7, 11) is 0. The van der Waals surface area contributed by atoms with Crippen molar-refractivity contribution < 1.29 is 9.45 Å². The molecule has 94 valence electrons. The Morgan fingerprint density at radius 2 is 1.89 bits per heavy atom. The number of nitro benzene ring substituents is 1. The minimum absolute atomic E-state index is 0.0255. The molecule has 1 aromatic heterocycles.